The molecule has 1 aliphatic rings. The zero-order chi connectivity index (χ0) is 20.4. The lowest BCUT2D eigenvalue weighted by molar-refractivity contribution is 0.0576. The fourth-order valence-corrected chi connectivity index (χ4v) is 3.78. The van der Waals surface area contributed by atoms with E-state index in [0.29, 0.717) is 31.9 Å². The van der Waals surface area contributed by atoms with Crippen LogP contribution in [-0.4, -0.2) is 53.1 Å². The molecule has 148 valence electrons. The second kappa shape index (κ2) is 8.29. The molecule has 0 bridgehead atoms. The quantitative estimate of drug-likeness (QED) is 0.775. The van der Waals surface area contributed by atoms with E-state index in [1.807, 2.05) is 13.8 Å². The molecule has 8 heteroatoms. The first kappa shape index (κ1) is 20.3. The first-order valence-electron chi connectivity index (χ1n) is 9.18. The number of aryl methyl sites for hydroxylation is 1. The predicted octanol–water partition coefficient (Wildman–Crippen LogP) is 3.75. The van der Waals surface area contributed by atoms with Crippen molar-refractivity contribution in [1.82, 2.24) is 15.0 Å². The van der Waals surface area contributed by atoms with E-state index in [1.165, 1.54) is 12.1 Å². The van der Waals surface area contributed by atoms with Gasteiger partial charge in [0.05, 0.1) is 16.7 Å². The molecular weight excluding hydrogens is 383 g/mol. The molecule has 1 aromatic carbocycles. The van der Waals surface area contributed by atoms with E-state index in [0.717, 1.165) is 0 Å². The van der Waals surface area contributed by atoms with E-state index in [4.69, 9.17) is 16.1 Å². The average molecular weight is 405 g/mol. The van der Waals surface area contributed by atoms with Crippen LogP contribution in [0.25, 0.3) is 11.3 Å². The number of piperazine rings is 1. The highest BCUT2D eigenvalue weighted by atomic mass is 35.5. The number of rotatable bonds is 4. The van der Waals surface area contributed by atoms with Crippen LogP contribution in [0.15, 0.2) is 22.7 Å². The van der Waals surface area contributed by atoms with E-state index >= 15 is 0 Å². The summed E-state index contributed by atoms with van der Waals surface area (Å²) < 4.78 is 19.6. The third kappa shape index (κ3) is 3.75. The van der Waals surface area contributed by atoms with Gasteiger partial charge in [0.1, 0.15) is 28.9 Å². The van der Waals surface area contributed by atoms with Gasteiger partial charge in [0.15, 0.2) is 0 Å². The van der Waals surface area contributed by atoms with Gasteiger partial charge in [0, 0.05) is 26.2 Å². The summed E-state index contributed by atoms with van der Waals surface area (Å²) in [4.78, 5) is 16.9. The molecule has 0 saturated carbocycles. The molecule has 0 spiro atoms. The number of hydrogen-bond donors (Lipinski definition) is 0. The van der Waals surface area contributed by atoms with Crippen LogP contribution in [0.5, 0.6) is 0 Å². The number of aromatic nitrogens is 1. The molecule has 0 N–H and O–H groups in total. The highest BCUT2D eigenvalue weighted by Crippen LogP contribution is 2.34. The van der Waals surface area contributed by atoms with Gasteiger partial charge in [-0.2, -0.15) is 5.26 Å². The zero-order valence-electron chi connectivity index (χ0n) is 16.1. The lowest BCUT2D eigenvalue weighted by Crippen LogP contribution is -2.52. The van der Waals surface area contributed by atoms with Crippen molar-refractivity contribution in [1.29, 1.82) is 5.26 Å². The third-order valence-electron chi connectivity index (χ3n) is 5.03. The number of hydrogen-bond acceptors (Lipinski definition) is 5. The largest absolute Gasteiger partial charge is 0.360 e. The SMILES string of the molecule is Cc1onc(-c2c(F)cccc2Cl)c1C(=O)N1CCN(C(C#N)C(C)C)CC1. The number of amides is 1. The molecule has 1 fully saturated rings. The Hall–Kier alpha value is -2.43. The fourth-order valence-electron chi connectivity index (χ4n) is 3.53. The summed E-state index contributed by atoms with van der Waals surface area (Å²) in [5, 5.41) is 13.5. The van der Waals surface area contributed by atoms with E-state index < -0.39 is 5.82 Å². The van der Waals surface area contributed by atoms with Crippen LogP contribution in [0.4, 0.5) is 4.39 Å². The monoisotopic (exact) mass is 404 g/mol. The summed E-state index contributed by atoms with van der Waals surface area (Å²) in [5.74, 6) is -0.305. The highest BCUT2D eigenvalue weighted by molar-refractivity contribution is 6.33. The Labute approximate surface area is 168 Å². The Balaban J connectivity index is 1.84. The molecule has 2 heterocycles. The fraction of sp³-hybridized carbons (Fsp3) is 0.450. The van der Waals surface area contributed by atoms with E-state index in [-0.39, 0.29) is 39.7 Å². The second-order valence-corrected chi connectivity index (χ2v) is 7.61. The number of carbonyl (C=O) groups is 1. The molecule has 1 amide bonds. The summed E-state index contributed by atoms with van der Waals surface area (Å²) in [6.45, 7) is 7.79. The normalized spacial score (nSPS) is 16.2. The van der Waals surface area contributed by atoms with Crippen molar-refractivity contribution in [2.45, 2.75) is 26.8 Å². The number of halogens is 2. The smallest absolute Gasteiger partial charge is 0.259 e. The van der Waals surface area contributed by atoms with Crippen LogP contribution >= 0.6 is 11.6 Å². The van der Waals surface area contributed by atoms with Gasteiger partial charge in [0.25, 0.3) is 5.91 Å². The van der Waals surface area contributed by atoms with Gasteiger partial charge in [-0.15, -0.1) is 0 Å². The van der Waals surface area contributed by atoms with Gasteiger partial charge >= 0.3 is 0 Å². The maximum Gasteiger partial charge on any atom is 0.259 e. The van der Waals surface area contributed by atoms with Crippen LogP contribution in [-0.2, 0) is 0 Å². The standard InChI is InChI=1S/C20H22ClFN4O2/c1-12(2)16(11-23)25-7-9-26(10-8-25)20(27)17-13(3)28-24-19(17)18-14(21)5-4-6-15(18)22/h4-6,12,16H,7-10H2,1-3H3. The zero-order valence-corrected chi connectivity index (χ0v) is 16.8. The summed E-state index contributed by atoms with van der Waals surface area (Å²) in [5.41, 5.74) is 0.401. The number of carbonyl (C=O) groups excluding carboxylic acids is 1. The Bertz CT molecular complexity index is 893. The molecule has 2 aromatic rings. The van der Waals surface area contributed by atoms with Crippen molar-refractivity contribution in [2.75, 3.05) is 26.2 Å². The molecule has 1 aliphatic heterocycles. The minimum Gasteiger partial charge on any atom is -0.360 e. The molecule has 1 unspecified atom stereocenters. The molecule has 1 saturated heterocycles. The maximum atomic E-state index is 14.4. The Morgan fingerprint density at radius 2 is 2.00 bits per heavy atom. The van der Waals surface area contributed by atoms with Crippen LogP contribution < -0.4 is 0 Å². The summed E-state index contributed by atoms with van der Waals surface area (Å²) in [7, 11) is 0. The van der Waals surface area contributed by atoms with Crippen LogP contribution in [0, 0.1) is 30.0 Å². The summed E-state index contributed by atoms with van der Waals surface area (Å²) in [6.07, 6.45) is 0. The van der Waals surface area contributed by atoms with Gasteiger partial charge in [-0.25, -0.2) is 4.39 Å². The van der Waals surface area contributed by atoms with Crippen LogP contribution in [0.1, 0.15) is 30.0 Å². The van der Waals surface area contributed by atoms with Crippen molar-refractivity contribution < 1.29 is 13.7 Å². The first-order chi connectivity index (χ1) is 13.3. The Morgan fingerprint density at radius 3 is 2.57 bits per heavy atom. The first-order valence-corrected chi connectivity index (χ1v) is 9.56. The molecule has 0 aliphatic carbocycles. The highest BCUT2D eigenvalue weighted by Gasteiger charge is 2.32. The minimum absolute atomic E-state index is 0.0624. The Kier molecular flexibility index (Phi) is 6.01. The van der Waals surface area contributed by atoms with Gasteiger partial charge in [-0.05, 0) is 25.0 Å². The van der Waals surface area contributed by atoms with Gasteiger partial charge in [-0.1, -0.05) is 36.7 Å². The number of benzene rings is 1. The van der Waals surface area contributed by atoms with Gasteiger partial charge < -0.3 is 9.42 Å². The van der Waals surface area contributed by atoms with Gasteiger partial charge in [-0.3, -0.25) is 9.69 Å². The predicted molar refractivity (Wildman–Crippen MR) is 103 cm³/mol. The average Bonchev–Trinajstić information content (AvgIpc) is 3.03. The topological polar surface area (TPSA) is 73.4 Å². The lowest BCUT2D eigenvalue weighted by Gasteiger charge is -2.38. The summed E-state index contributed by atoms with van der Waals surface area (Å²) in [6, 6.07) is 6.47. The molecule has 1 atom stereocenters. The van der Waals surface area contributed by atoms with E-state index in [2.05, 4.69) is 16.1 Å². The maximum absolute atomic E-state index is 14.4. The second-order valence-electron chi connectivity index (χ2n) is 7.21. The van der Waals surface area contributed by atoms with Crippen molar-refractivity contribution in [3.63, 3.8) is 0 Å². The summed E-state index contributed by atoms with van der Waals surface area (Å²) >= 11 is 6.15. The van der Waals surface area contributed by atoms with E-state index in [1.54, 1.807) is 17.9 Å². The van der Waals surface area contributed by atoms with Gasteiger partial charge in [0.2, 0.25) is 0 Å². The number of nitriles is 1. The molecule has 28 heavy (non-hydrogen) atoms. The van der Waals surface area contributed by atoms with Crippen molar-refractivity contribution in [2.24, 2.45) is 5.92 Å². The molecule has 3 rings (SSSR count). The third-order valence-corrected chi connectivity index (χ3v) is 5.35. The Morgan fingerprint density at radius 1 is 1.32 bits per heavy atom. The van der Waals surface area contributed by atoms with Crippen molar-refractivity contribution >= 4 is 17.5 Å². The minimum atomic E-state index is -0.562. The van der Waals surface area contributed by atoms with E-state index in [9.17, 15) is 14.4 Å². The number of nitrogens with zero attached hydrogens (tertiary/aromatic N) is 4. The molecule has 1 aromatic heterocycles. The van der Waals surface area contributed by atoms with Crippen molar-refractivity contribution in [3.05, 3.63) is 40.4 Å². The lowest BCUT2D eigenvalue weighted by atomic mass is 10.0. The van der Waals surface area contributed by atoms with Crippen LogP contribution in [0.3, 0.4) is 0 Å². The molecular formula is C20H22ClFN4O2. The van der Waals surface area contributed by atoms with Crippen LogP contribution in [0.2, 0.25) is 5.02 Å². The molecule has 6 nitrogen and oxygen atoms in total. The molecule has 0 radical (unpaired) electrons. The van der Waals surface area contributed by atoms with Crippen molar-refractivity contribution in [3.8, 4) is 17.3 Å².